The third-order valence-electron chi connectivity index (χ3n) is 4.96. The van der Waals surface area contributed by atoms with Gasteiger partial charge in [-0.3, -0.25) is 9.69 Å². The summed E-state index contributed by atoms with van der Waals surface area (Å²) in [6.45, 7) is 5.38. The first kappa shape index (κ1) is 23.8. The molecule has 0 atom stereocenters. The minimum Gasteiger partial charge on any atom is -0.301 e. The number of sulfonamides is 2. The Hall–Kier alpha value is -1.90. The maximum Gasteiger partial charge on any atom is 0.243 e. The minimum atomic E-state index is -3.89. The van der Waals surface area contributed by atoms with Crippen LogP contribution in [-0.2, 0) is 31.3 Å². The highest BCUT2D eigenvalue weighted by molar-refractivity contribution is 7.89. The summed E-state index contributed by atoms with van der Waals surface area (Å²) in [6, 6.07) is 4.81. The molecule has 1 saturated heterocycles. The highest BCUT2D eigenvalue weighted by Crippen LogP contribution is 2.23. The van der Waals surface area contributed by atoms with E-state index in [1.54, 1.807) is 0 Å². The maximum atomic E-state index is 12.8. The van der Waals surface area contributed by atoms with E-state index in [2.05, 4.69) is 10.3 Å². The molecule has 0 bridgehead atoms. The van der Waals surface area contributed by atoms with Crippen LogP contribution in [0.25, 0.3) is 0 Å². The summed E-state index contributed by atoms with van der Waals surface area (Å²) in [4.78, 5) is 19.5. The Kier molecular flexibility index (Phi) is 7.13. The number of nitrogens with zero attached hydrogens (tertiary/aromatic N) is 3. The lowest BCUT2D eigenvalue weighted by atomic mass is 10.3. The van der Waals surface area contributed by atoms with Gasteiger partial charge in [-0.1, -0.05) is 6.92 Å². The molecule has 1 aromatic carbocycles. The zero-order valence-electron chi connectivity index (χ0n) is 17.2. The number of nitrogens with two attached hydrogens (primary N) is 1. The van der Waals surface area contributed by atoms with Crippen molar-refractivity contribution in [2.45, 2.75) is 30.1 Å². The summed E-state index contributed by atoms with van der Waals surface area (Å²) < 4.78 is 49.7. The Labute approximate surface area is 186 Å². The van der Waals surface area contributed by atoms with E-state index in [4.69, 9.17) is 5.14 Å². The summed E-state index contributed by atoms with van der Waals surface area (Å²) in [5, 5.41) is 8.43. The monoisotopic (exact) mass is 487 g/mol. The molecule has 10 nitrogen and oxygen atoms in total. The number of thiazole rings is 1. The van der Waals surface area contributed by atoms with Crippen LogP contribution in [0.2, 0.25) is 0 Å². The van der Waals surface area contributed by atoms with Crippen LogP contribution in [0.4, 0.5) is 5.13 Å². The lowest BCUT2D eigenvalue weighted by Gasteiger charge is -2.33. The first-order valence-electron chi connectivity index (χ1n) is 9.62. The Balaban J connectivity index is 1.56. The second-order valence-electron chi connectivity index (χ2n) is 7.12. The molecular weight excluding hydrogens is 462 g/mol. The number of anilines is 1. The number of benzene rings is 1. The van der Waals surface area contributed by atoms with E-state index in [1.807, 2.05) is 18.7 Å². The molecule has 0 spiro atoms. The number of hydrogen-bond acceptors (Lipinski definition) is 8. The Morgan fingerprint density at radius 3 is 2.19 bits per heavy atom. The average Bonchev–Trinajstić information content (AvgIpc) is 3.06. The van der Waals surface area contributed by atoms with Crippen molar-refractivity contribution >= 4 is 42.4 Å². The van der Waals surface area contributed by atoms with Crippen molar-refractivity contribution in [3.8, 4) is 0 Å². The molecule has 1 aliphatic heterocycles. The fraction of sp³-hybridized carbons (Fsp3) is 0.444. The molecule has 1 fully saturated rings. The van der Waals surface area contributed by atoms with Crippen molar-refractivity contribution in [1.82, 2.24) is 14.2 Å². The van der Waals surface area contributed by atoms with Crippen LogP contribution in [0, 0.1) is 6.92 Å². The van der Waals surface area contributed by atoms with Gasteiger partial charge in [0.2, 0.25) is 26.0 Å². The van der Waals surface area contributed by atoms with Crippen LogP contribution in [0.15, 0.2) is 34.1 Å². The minimum absolute atomic E-state index is 0.00281. The summed E-state index contributed by atoms with van der Waals surface area (Å²) in [5.41, 5.74) is 0.969. The molecule has 3 rings (SSSR count). The van der Waals surface area contributed by atoms with Crippen molar-refractivity contribution in [1.29, 1.82) is 0 Å². The van der Waals surface area contributed by atoms with E-state index < -0.39 is 20.0 Å². The third-order valence-corrected chi connectivity index (χ3v) is 8.73. The summed E-state index contributed by atoms with van der Waals surface area (Å²) in [6.07, 6.45) is 0.805. The van der Waals surface area contributed by atoms with Crippen LogP contribution in [0.1, 0.15) is 17.5 Å². The van der Waals surface area contributed by atoms with Gasteiger partial charge in [-0.2, -0.15) is 4.31 Å². The number of amides is 1. The molecule has 2 heterocycles. The molecule has 1 amide bonds. The third kappa shape index (κ3) is 5.67. The van der Waals surface area contributed by atoms with Crippen molar-refractivity contribution in [3.05, 3.63) is 34.8 Å². The second-order valence-corrected chi connectivity index (χ2v) is 11.8. The molecule has 13 heteroatoms. The number of aryl methyl sites for hydroxylation is 2. The van der Waals surface area contributed by atoms with Gasteiger partial charge in [0.25, 0.3) is 0 Å². The van der Waals surface area contributed by atoms with Crippen LogP contribution < -0.4 is 10.5 Å². The number of hydrogen-bond donors (Lipinski definition) is 2. The highest BCUT2D eigenvalue weighted by atomic mass is 32.2. The van der Waals surface area contributed by atoms with E-state index in [0.717, 1.165) is 17.0 Å². The second kappa shape index (κ2) is 9.30. The largest absolute Gasteiger partial charge is 0.301 e. The molecular formula is C18H25N5O5S3. The van der Waals surface area contributed by atoms with Crippen LogP contribution in [-0.4, -0.2) is 69.7 Å². The molecule has 0 radical (unpaired) electrons. The Bertz CT molecular complexity index is 1150. The van der Waals surface area contributed by atoms with Crippen LogP contribution in [0.5, 0.6) is 0 Å². The zero-order chi connectivity index (χ0) is 22.8. The lowest BCUT2D eigenvalue weighted by Crippen LogP contribution is -2.50. The number of aromatic nitrogens is 1. The topological polar surface area (TPSA) is 143 Å². The van der Waals surface area contributed by atoms with Crippen LogP contribution in [0.3, 0.4) is 0 Å². The van der Waals surface area contributed by atoms with Gasteiger partial charge in [0.15, 0.2) is 5.13 Å². The number of piperazine rings is 1. The quantitative estimate of drug-likeness (QED) is 0.582. The first-order valence-corrected chi connectivity index (χ1v) is 13.4. The van der Waals surface area contributed by atoms with Gasteiger partial charge >= 0.3 is 0 Å². The number of carbonyl (C=O) groups is 1. The van der Waals surface area contributed by atoms with Crippen molar-refractivity contribution in [2.75, 3.05) is 38.0 Å². The number of rotatable bonds is 7. The fourth-order valence-electron chi connectivity index (χ4n) is 3.25. The molecule has 31 heavy (non-hydrogen) atoms. The number of nitrogens with one attached hydrogen (secondary N) is 1. The highest BCUT2D eigenvalue weighted by Gasteiger charge is 2.29. The predicted molar refractivity (Wildman–Crippen MR) is 118 cm³/mol. The van der Waals surface area contributed by atoms with E-state index in [9.17, 15) is 21.6 Å². The van der Waals surface area contributed by atoms with Gasteiger partial charge in [-0.25, -0.2) is 27.0 Å². The summed E-state index contributed by atoms with van der Waals surface area (Å²) in [5.74, 6) is -0.189. The maximum absolute atomic E-state index is 12.8. The Morgan fingerprint density at radius 1 is 1.10 bits per heavy atom. The lowest BCUT2D eigenvalue weighted by molar-refractivity contribution is -0.117. The van der Waals surface area contributed by atoms with Gasteiger partial charge in [0.05, 0.1) is 22.0 Å². The van der Waals surface area contributed by atoms with E-state index in [0.29, 0.717) is 18.2 Å². The van der Waals surface area contributed by atoms with Crippen molar-refractivity contribution in [2.24, 2.45) is 5.14 Å². The molecule has 170 valence electrons. The van der Waals surface area contributed by atoms with Gasteiger partial charge in [0.1, 0.15) is 0 Å². The van der Waals surface area contributed by atoms with E-state index in [-0.39, 0.29) is 35.3 Å². The molecule has 0 unspecified atom stereocenters. The molecule has 0 aliphatic carbocycles. The van der Waals surface area contributed by atoms with Crippen molar-refractivity contribution < 1.29 is 21.6 Å². The summed E-state index contributed by atoms with van der Waals surface area (Å²) in [7, 11) is -7.66. The van der Waals surface area contributed by atoms with Gasteiger partial charge < -0.3 is 5.32 Å². The molecule has 3 N–H and O–H groups in total. The normalized spacial score (nSPS) is 16.4. The number of carbonyl (C=O) groups excluding carboxylic acids is 1. The van der Waals surface area contributed by atoms with Crippen molar-refractivity contribution in [3.63, 3.8) is 0 Å². The smallest absolute Gasteiger partial charge is 0.243 e. The standard InChI is InChI=1S/C18H25N5O5S3/c1-3-16-13(2)29-18(20-16)21-17(24)12-22-8-10-23(11-9-22)31(27,28)15-6-4-14(5-7-15)30(19,25)26/h4-7H,3,8-12H2,1-2H3,(H2,19,25,26)(H,20,21,24). The summed E-state index contributed by atoms with van der Waals surface area (Å²) >= 11 is 1.44. The van der Waals surface area contributed by atoms with Crippen LogP contribution >= 0.6 is 11.3 Å². The predicted octanol–water partition coefficient (Wildman–Crippen LogP) is 0.606. The molecule has 2 aromatic rings. The van der Waals surface area contributed by atoms with E-state index in [1.165, 1.54) is 39.9 Å². The SMILES string of the molecule is CCc1nc(NC(=O)CN2CCN(S(=O)(=O)c3ccc(S(N)(=O)=O)cc3)CC2)sc1C. The fourth-order valence-corrected chi connectivity index (χ4v) is 6.11. The van der Waals surface area contributed by atoms with E-state index >= 15 is 0 Å². The molecule has 1 aromatic heterocycles. The molecule has 0 saturated carbocycles. The average molecular weight is 488 g/mol. The Morgan fingerprint density at radius 2 is 1.68 bits per heavy atom. The first-order chi connectivity index (χ1) is 14.5. The van der Waals surface area contributed by atoms with Gasteiger partial charge in [-0.15, -0.1) is 11.3 Å². The number of primary sulfonamides is 1. The van der Waals surface area contributed by atoms with Gasteiger partial charge in [0, 0.05) is 31.1 Å². The van der Waals surface area contributed by atoms with Gasteiger partial charge in [-0.05, 0) is 37.6 Å². The zero-order valence-corrected chi connectivity index (χ0v) is 19.7. The molecule has 1 aliphatic rings.